The average Bonchev–Trinajstić information content (AvgIpc) is 2.47. The van der Waals surface area contributed by atoms with Gasteiger partial charge in [-0.3, -0.25) is 9.78 Å². The van der Waals surface area contributed by atoms with Crippen LogP contribution in [-0.4, -0.2) is 21.0 Å². The number of rotatable bonds is 3. The van der Waals surface area contributed by atoms with Crippen LogP contribution < -0.4 is 0 Å². The molecule has 0 bridgehead atoms. The average molecular weight is 279 g/mol. The van der Waals surface area contributed by atoms with Crippen molar-refractivity contribution >= 4 is 16.7 Å². The second kappa shape index (κ2) is 5.25. The summed E-state index contributed by atoms with van der Waals surface area (Å²) >= 11 is 0. The number of phenols is 2. The highest BCUT2D eigenvalue weighted by atomic mass is 16.3. The van der Waals surface area contributed by atoms with Gasteiger partial charge in [-0.1, -0.05) is 12.1 Å². The molecule has 104 valence electrons. The zero-order valence-electron chi connectivity index (χ0n) is 11.2. The van der Waals surface area contributed by atoms with Gasteiger partial charge in [-0.15, -0.1) is 0 Å². The third-order valence-corrected chi connectivity index (χ3v) is 3.31. The molecular weight excluding hydrogens is 266 g/mol. The number of fused-ring (bicyclic) bond motifs is 1. The quantitative estimate of drug-likeness (QED) is 0.723. The largest absolute Gasteiger partial charge is 0.508 e. The first-order valence-corrected chi connectivity index (χ1v) is 6.52. The molecule has 2 aromatic carbocycles. The van der Waals surface area contributed by atoms with Crippen LogP contribution in [0, 0.1) is 0 Å². The molecule has 0 atom stereocenters. The zero-order valence-corrected chi connectivity index (χ0v) is 11.2. The molecule has 3 aromatic rings. The summed E-state index contributed by atoms with van der Waals surface area (Å²) in [6.45, 7) is 0. The van der Waals surface area contributed by atoms with Crippen LogP contribution in [0.2, 0.25) is 0 Å². The van der Waals surface area contributed by atoms with E-state index < -0.39 is 0 Å². The molecule has 2 N–H and O–H groups in total. The fourth-order valence-corrected chi connectivity index (χ4v) is 2.27. The summed E-state index contributed by atoms with van der Waals surface area (Å²) in [6.07, 6.45) is 1.91. The normalized spacial score (nSPS) is 10.7. The number of carbonyl (C=O) groups is 1. The minimum absolute atomic E-state index is 0.0687. The van der Waals surface area contributed by atoms with E-state index in [2.05, 4.69) is 4.98 Å². The van der Waals surface area contributed by atoms with E-state index in [1.165, 1.54) is 12.1 Å². The second-order valence-corrected chi connectivity index (χ2v) is 4.83. The number of aromatic hydroxyl groups is 2. The number of aromatic nitrogens is 1. The lowest BCUT2D eigenvalue weighted by Crippen LogP contribution is -2.03. The van der Waals surface area contributed by atoms with Gasteiger partial charge in [0.1, 0.15) is 11.5 Å². The van der Waals surface area contributed by atoms with E-state index in [9.17, 15) is 15.0 Å². The first-order valence-electron chi connectivity index (χ1n) is 6.52. The predicted octanol–water partition coefficient (Wildman–Crippen LogP) is 3.07. The molecule has 0 unspecified atom stereocenters. The van der Waals surface area contributed by atoms with Crippen molar-refractivity contribution in [3.8, 4) is 11.5 Å². The minimum atomic E-state index is -0.206. The van der Waals surface area contributed by atoms with Gasteiger partial charge in [0, 0.05) is 24.1 Å². The predicted molar refractivity (Wildman–Crippen MR) is 79.5 cm³/mol. The minimum Gasteiger partial charge on any atom is -0.508 e. The Labute approximate surface area is 121 Å². The number of phenolic OH excluding ortho intramolecular Hbond substituents is 2. The fourth-order valence-electron chi connectivity index (χ4n) is 2.27. The first kappa shape index (κ1) is 13.1. The van der Waals surface area contributed by atoms with Gasteiger partial charge in [0.25, 0.3) is 0 Å². The number of benzene rings is 2. The van der Waals surface area contributed by atoms with E-state index in [-0.39, 0.29) is 29.3 Å². The summed E-state index contributed by atoms with van der Waals surface area (Å²) in [5.74, 6) is -0.473. The van der Waals surface area contributed by atoms with Gasteiger partial charge < -0.3 is 10.2 Å². The van der Waals surface area contributed by atoms with Crippen LogP contribution in [0.25, 0.3) is 10.9 Å². The van der Waals surface area contributed by atoms with Gasteiger partial charge in [-0.05, 0) is 35.9 Å². The van der Waals surface area contributed by atoms with E-state index in [4.69, 9.17) is 0 Å². The second-order valence-electron chi connectivity index (χ2n) is 4.83. The molecule has 3 rings (SSSR count). The van der Waals surface area contributed by atoms with E-state index in [1.807, 2.05) is 30.3 Å². The van der Waals surface area contributed by atoms with Gasteiger partial charge in [0.05, 0.1) is 11.1 Å². The topological polar surface area (TPSA) is 70.4 Å². The number of Topliss-reactive ketones (excluding diaryl/α,β-unsaturated/α-hetero) is 1. The Morgan fingerprint density at radius 2 is 1.90 bits per heavy atom. The molecule has 0 fully saturated rings. The Bertz CT molecular complexity index is 827. The Morgan fingerprint density at radius 3 is 2.71 bits per heavy atom. The van der Waals surface area contributed by atoms with E-state index >= 15 is 0 Å². The summed E-state index contributed by atoms with van der Waals surface area (Å²) in [7, 11) is 0. The number of carbonyl (C=O) groups excluding carboxylic acids is 1. The molecular formula is C17H13NO3. The van der Waals surface area contributed by atoms with Gasteiger partial charge >= 0.3 is 0 Å². The molecule has 0 saturated heterocycles. The summed E-state index contributed by atoms with van der Waals surface area (Å²) in [4.78, 5) is 16.5. The highest BCUT2D eigenvalue weighted by Crippen LogP contribution is 2.24. The van der Waals surface area contributed by atoms with Crippen LogP contribution in [0.15, 0.2) is 54.7 Å². The molecule has 4 heteroatoms. The number of hydrogen-bond acceptors (Lipinski definition) is 4. The standard InChI is InChI=1S/C17H13NO3/c19-13-4-5-14(17(21)10-13)16(20)9-11-3-6-15-12(8-11)2-1-7-18-15/h1-8,10,19,21H,9H2. The Morgan fingerprint density at radius 1 is 1.05 bits per heavy atom. The van der Waals surface area contributed by atoms with Crippen molar-refractivity contribution in [1.29, 1.82) is 0 Å². The van der Waals surface area contributed by atoms with Crippen molar-refractivity contribution in [3.05, 3.63) is 65.9 Å². The Balaban J connectivity index is 1.89. The van der Waals surface area contributed by atoms with Crippen LogP contribution >= 0.6 is 0 Å². The summed E-state index contributed by atoms with van der Waals surface area (Å²) in [5.41, 5.74) is 1.94. The summed E-state index contributed by atoms with van der Waals surface area (Å²) < 4.78 is 0. The molecule has 0 saturated carbocycles. The Hall–Kier alpha value is -2.88. The third-order valence-electron chi connectivity index (χ3n) is 3.31. The molecule has 0 aliphatic rings. The smallest absolute Gasteiger partial charge is 0.170 e. The maximum absolute atomic E-state index is 12.2. The van der Waals surface area contributed by atoms with Crippen LogP contribution in [0.5, 0.6) is 11.5 Å². The van der Waals surface area contributed by atoms with Crippen molar-refractivity contribution in [2.24, 2.45) is 0 Å². The van der Waals surface area contributed by atoms with Crippen LogP contribution in [0.4, 0.5) is 0 Å². The van der Waals surface area contributed by atoms with Crippen LogP contribution in [-0.2, 0) is 6.42 Å². The number of ketones is 1. The van der Waals surface area contributed by atoms with Crippen molar-refractivity contribution < 1.29 is 15.0 Å². The van der Waals surface area contributed by atoms with Crippen LogP contribution in [0.1, 0.15) is 15.9 Å². The SMILES string of the molecule is O=C(Cc1ccc2ncccc2c1)c1ccc(O)cc1O. The maximum atomic E-state index is 12.2. The highest BCUT2D eigenvalue weighted by Gasteiger charge is 2.12. The molecule has 1 aromatic heterocycles. The van der Waals surface area contributed by atoms with E-state index in [1.54, 1.807) is 6.20 Å². The summed E-state index contributed by atoms with van der Waals surface area (Å²) in [5, 5.41) is 19.9. The van der Waals surface area contributed by atoms with Gasteiger partial charge in [-0.25, -0.2) is 0 Å². The first-order chi connectivity index (χ1) is 10.1. The van der Waals surface area contributed by atoms with Crippen LogP contribution in [0.3, 0.4) is 0 Å². The van der Waals surface area contributed by atoms with E-state index in [0.29, 0.717) is 0 Å². The molecule has 21 heavy (non-hydrogen) atoms. The molecule has 0 aliphatic heterocycles. The van der Waals surface area contributed by atoms with Gasteiger partial charge in [0.15, 0.2) is 5.78 Å². The van der Waals surface area contributed by atoms with Crippen molar-refractivity contribution in [2.45, 2.75) is 6.42 Å². The number of pyridine rings is 1. The lowest BCUT2D eigenvalue weighted by molar-refractivity contribution is 0.0990. The third kappa shape index (κ3) is 2.69. The fraction of sp³-hybridized carbons (Fsp3) is 0.0588. The van der Waals surface area contributed by atoms with Crippen molar-refractivity contribution in [1.82, 2.24) is 4.98 Å². The molecule has 0 radical (unpaired) electrons. The molecule has 1 heterocycles. The summed E-state index contributed by atoms with van der Waals surface area (Å²) in [6, 6.07) is 13.4. The lowest BCUT2D eigenvalue weighted by atomic mass is 10.0. The molecule has 4 nitrogen and oxygen atoms in total. The highest BCUT2D eigenvalue weighted by molar-refractivity contribution is 6.00. The van der Waals surface area contributed by atoms with E-state index in [0.717, 1.165) is 22.5 Å². The Kier molecular flexibility index (Phi) is 3.28. The maximum Gasteiger partial charge on any atom is 0.170 e. The van der Waals surface area contributed by atoms with Gasteiger partial charge in [-0.2, -0.15) is 0 Å². The van der Waals surface area contributed by atoms with Crippen molar-refractivity contribution in [2.75, 3.05) is 0 Å². The molecule has 0 amide bonds. The number of hydrogen-bond donors (Lipinski definition) is 2. The molecule has 0 spiro atoms. The monoisotopic (exact) mass is 279 g/mol. The van der Waals surface area contributed by atoms with Crippen molar-refractivity contribution in [3.63, 3.8) is 0 Å². The molecule has 0 aliphatic carbocycles. The van der Waals surface area contributed by atoms with Gasteiger partial charge in [0.2, 0.25) is 0 Å². The zero-order chi connectivity index (χ0) is 14.8. The lowest BCUT2D eigenvalue weighted by Gasteiger charge is -2.05. The number of nitrogens with zero attached hydrogens (tertiary/aromatic N) is 1.